The number of carbonyl (C=O) groups excluding carboxylic acids is 2. The Morgan fingerprint density at radius 3 is 2.58 bits per heavy atom. The smallest absolute Gasteiger partial charge is 0.426 e. The molecule has 10 heteroatoms. The van der Waals surface area contributed by atoms with Crippen LogP contribution in [0.3, 0.4) is 0 Å². The van der Waals surface area contributed by atoms with Gasteiger partial charge in [0.05, 0.1) is 24.8 Å². The first-order chi connectivity index (χ1) is 15.0. The molecule has 2 amide bonds. The highest BCUT2D eigenvalue weighted by Gasteiger charge is 2.31. The molecule has 0 aliphatic heterocycles. The quantitative estimate of drug-likeness (QED) is 0.358. The van der Waals surface area contributed by atoms with Crippen LogP contribution in [-0.4, -0.2) is 63.6 Å². The van der Waals surface area contributed by atoms with Crippen molar-refractivity contribution >= 4 is 18.9 Å². The second-order valence-electron chi connectivity index (χ2n) is 7.56. The van der Waals surface area contributed by atoms with E-state index in [9.17, 15) is 19.6 Å². The number of nitrogens with zero attached hydrogens (tertiary/aromatic N) is 2. The molecule has 164 valence electrons. The average Bonchev–Trinajstić information content (AvgIpc) is 3.61. The van der Waals surface area contributed by atoms with Crippen molar-refractivity contribution in [2.75, 3.05) is 6.61 Å². The number of aryl methyl sites for hydroxylation is 1. The molecule has 9 nitrogen and oxygen atoms in total. The number of ether oxygens (including phenoxy) is 1. The maximum absolute atomic E-state index is 12.8. The molecule has 1 aromatic heterocycles. The van der Waals surface area contributed by atoms with Crippen LogP contribution in [0.15, 0.2) is 48.9 Å². The topological polar surface area (TPSA) is 134 Å². The summed E-state index contributed by atoms with van der Waals surface area (Å²) in [6, 6.07) is 8.82. The van der Waals surface area contributed by atoms with Gasteiger partial charge in [-0.05, 0) is 37.7 Å². The minimum absolute atomic E-state index is 0.0131. The standard InChI is InChI=1S/C21H27BN4O5/c27-20(17-13-23-11-12-24-17)25-18(14-31-16-9-10-16)21(28)26-19(22(29)30)8-4-7-15-5-2-1-3-6-15/h1-3,5-6,11-13,16,18-19,29-30H,4,7-10,14H2,(H,25,27)(H,26,28). The molecule has 1 heterocycles. The Labute approximate surface area is 181 Å². The van der Waals surface area contributed by atoms with Crippen LogP contribution in [0, 0.1) is 0 Å². The Kier molecular flexibility index (Phi) is 8.51. The highest BCUT2D eigenvalue weighted by Crippen LogP contribution is 2.23. The molecule has 31 heavy (non-hydrogen) atoms. The van der Waals surface area contributed by atoms with E-state index < -0.39 is 30.9 Å². The van der Waals surface area contributed by atoms with Gasteiger partial charge in [0.1, 0.15) is 11.7 Å². The van der Waals surface area contributed by atoms with Gasteiger partial charge in [-0.25, -0.2) is 4.98 Å². The molecule has 0 bridgehead atoms. The lowest BCUT2D eigenvalue weighted by molar-refractivity contribution is -0.125. The molecule has 0 saturated heterocycles. The zero-order chi connectivity index (χ0) is 22.1. The van der Waals surface area contributed by atoms with Crippen molar-refractivity contribution in [3.05, 3.63) is 60.2 Å². The Bertz CT molecular complexity index is 836. The third kappa shape index (κ3) is 7.74. The van der Waals surface area contributed by atoms with Crippen molar-refractivity contribution in [3.8, 4) is 0 Å². The van der Waals surface area contributed by atoms with Gasteiger partial charge in [-0.1, -0.05) is 30.3 Å². The van der Waals surface area contributed by atoms with Gasteiger partial charge in [0, 0.05) is 12.4 Å². The Morgan fingerprint density at radius 1 is 1.16 bits per heavy atom. The highest BCUT2D eigenvalue weighted by molar-refractivity contribution is 6.43. The lowest BCUT2D eigenvalue weighted by atomic mass is 9.76. The van der Waals surface area contributed by atoms with E-state index in [-0.39, 0.29) is 18.4 Å². The van der Waals surface area contributed by atoms with Gasteiger partial charge in [-0.2, -0.15) is 0 Å². The lowest BCUT2D eigenvalue weighted by Crippen LogP contribution is -2.55. The van der Waals surface area contributed by atoms with Gasteiger partial charge in [0.15, 0.2) is 0 Å². The summed E-state index contributed by atoms with van der Waals surface area (Å²) in [4.78, 5) is 33.0. The Hall–Kier alpha value is -2.82. The number of carbonyl (C=O) groups is 2. The Morgan fingerprint density at radius 2 is 1.94 bits per heavy atom. The van der Waals surface area contributed by atoms with Crippen LogP contribution in [0.1, 0.15) is 41.7 Å². The van der Waals surface area contributed by atoms with Crippen molar-refractivity contribution in [3.63, 3.8) is 0 Å². The van der Waals surface area contributed by atoms with E-state index in [2.05, 4.69) is 20.6 Å². The molecule has 2 aromatic rings. The largest absolute Gasteiger partial charge is 0.475 e. The van der Waals surface area contributed by atoms with E-state index in [4.69, 9.17) is 4.74 Å². The van der Waals surface area contributed by atoms with Crippen molar-refractivity contribution in [1.82, 2.24) is 20.6 Å². The summed E-state index contributed by atoms with van der Waals surface area (Å²) >= 11 is 0. The maximum Gasteiger partial charge on any atom is 0.475 e. The van der Waals surface area contributed by atoms with Crippen LogP contribution in [-0.2, 0) is 16.0 Å². The molecule has 2 atom stereocenters. The van der Waals surface area contributed by atoms with E-state index in [1.165, 1.54) is 18.6 Å². The van der Waals surface area contributed by atoms with Gasteiger partial charge in [-0.3, -0.25) is 14.6 Å². The molecule has 0 spiro atoms. The first-order valence-corrected chi connectivity index (χ1v) is 10.4. The second-order valence-corrected chi connectivity index (χ2v) is 7.56. The summed E-state index contributed by atoms with van der Waals surface area (Å²) < 4.78 is 5.62. The number of nitrogens with one attached hydrogen (secondary N) is 2. The van der Waals surface area contributed by atoms with Crippen LogP contribution in [0.4, 0.5) is 0 Å². The van der Waals surface area contributed by atoms with Gasteiger partial charge in [0.25, 0.3) is 5.91 Å². The second kappa shape index (κ2) is 11.5. The van der Waals surface area contributed by atoms with Crippen LogP contribution in [0.25, 0.3) is 0 Å². The van der Waals surface area contributed by atoms with Crippen LogP contribution >= 0.6 is 0 Å². The van der Waals surface area contributed by atoms with Crippen molar-refractivity contribution in [2.24, 2.45) is 0 Å². The van der Waals surface area contributed by atoms with Gasteiger partial charge >= 0.3 is 7.12 Å². The molecule has 2 unspecified atom stereocenters. The normalized spacial score (nSPS) is 15.0. The predicted octanol–water partition coefficient (Wildman–Crippen LogP) is 0.274. The number of amides is 2. The molecular formula is C21H27BN4O5. The van der Waals surface area contributed by atoms with E-state index in [0.717, 1.165) is 24.8 Å². The summed E-state index contributed by atoms with van der Waals surface area (Å²) in [7, 11) is -1.72. The molecule has 0 radical (unpaired) electrons. The summed E-state index contributed by atoms with van der Waals surface area (Å²) in [6.45, 7) is -0.0131. The van der Waals surface area contributed by atoms with Crippen LogP contribution < -0.4 is 10.6 Å². The van der Waals surface area contributed by atoms with E-state index in [1.54, 1.807) is 0 Å². The minimum atomic E-state index is -1.72. The van der Waals surface area contributed by atoms with Gasteiger partial charge < -0.3 is 25.4 Å². The molecule has 1 saturated carbocycles. The average molecular weight is 426 g/mol. The van der Waals surface area contributed by atoms with Crippen LogP contribution in [0.2, 0.25) is 0 Å². The highest BCUT2D eigenvalue weighted by atomic mass is 16.5. The molecular weight excluding hydrogens is 399 g/mol. The fraction of sp³-hybridized carbons (Fsp3) is 0.429. The number of aromatic nitrogens is 2. The molecule has 4 N–H and O–H groups in total. The molecule has 1 aliphatic carbocycles. The monoisotopic (exact) mass is 426 g/mol. The van der Waals surface area contributed by atoms with Crippen LogP contribution in [0.5, 0.6) is 0 Å². The number of hydrogen-bond acceptors (Lipinski definition) is 7. The summed E-state index contributed by atoms with van der Waals surface area (Å²) in [5, 5.41) is 24.7. The zero-order valence-electron chi connectivity index (χ0n) is 17.2. The van der Waals surface area contributed by atoms with Crippen molar-refractivity contribution in [2.45, 2.75) is 50.2 Å². The minimum Gasteiger partial charge on any atom is -0.426 e. The third-order valence-electron chi connectivity index (χ3n) is 4.95. The first-order valence-electron chi connectivity index (χ1n) is 10.4. The number of hydrogen-bond donors (Lipinski definition) is 4. The predicted molar refractivity (Wildman–Crippen MR) is 114 cm³/mol. The van der Waals surface area contributed by atoms with Crippen molar-refractivity contribution < 1.29 is 24.4 Å². The van der Waals surface area contributed by atoms with E-state index >= 15 is 0 Å². The fourth-order valence-corrected chi connectivity index (χ4v) is 3.05. The van der Waals surface area contributed by atoms with E-state index in [0.29, 0.717) is 12.8 Å². The van der Waals surface area contributed by atoms with Gasteiger partial charge in [0.2, 0.25) is 5.91 Å². The molecule has 3 rings (SSSR count). The Balaban J connectivity index is 1.57. The number of benzene rings is 1. The maximum atomic E-state index is 12.8. The number of rotatable bonds is 12. The first kappa shape index (κ1) is 22.9. The zero-order valence-corrected chi connectivity index (χ0v) is 17.2. The fourth-order valence-electron chi connectivity index (χ4n) is 3.05. The summed E-state index contributed by atoms with van der Waals surface area (Å²) in [5.41, 5.74) is 1.21. The molecule has 1 aliphatic rings. The third-order valence-corrected chi connectivity index (χ3v) is 4.95. The molecule has 1 fully saturated rings. The van der Waals surface area contributed by atoms with E-state index in [1.807, 2.05) is 30.3 Å². The van der Waals surface area contributed by atoms with Gasteiger partial charge in [-0.15, -0.1) is 0 Å². The lowest BCUT2D eigenvalue weighted by Gasteiger charge is -2.23. The summed E-state index contributed by atoms with van der Waals surface area (Å²) in [5.74, 6) is -1.97. The SMILES string of the molecule is O=C(NC(COC1CC1)C(=O)NC(CCCc1ccccc1)B(O)O)c1cnccn1. The summed E-state index contributed by atoms with van der Waals surface area (Å²) in [6.07, 6.45) is 7.83. The van der Waals surface area contributed by atoms with Crippen molar-refractivity contribution in [1.29, 1.82) is 0 Å². The molecule has 1 aromatic carbocycles.